The Morgan fingerprint density at radius 1 is 1.31 bits per heavy atom. The zero-order valence-corrected chi connectivity index (χ0v) is 15.7. The quantitative estimate of drug-likeness (QED) is 0.227. The Morgan fingerprint density at radius 2 is 1.96 bits per heavy atom. The number of esters is 1. The summed E-state index contributed by atoms with van der Waals surface area (Å²) in [6.07, 6.45) is 1.10. The van der Waals surface area contributed by atoms with Crippen LogP contribution >= 0.6 is 0 Å². The van der Waals surface area contributed by atoms with E-state index in [2.05, 4.69) is 14.4 Å². The number of hydrogen-bond acceptors (Lipinski definition) is 8. The molecule has 1 saturated carbocycles. The summed E-state index contributed by atoms with van der Waals surface area (Å²) in [5.74, 6) is -2.89. The van der Waals surface area contributed by atoms with Crippen LogP contribution < -0.4 is 0 Å². The highest BCUT2D eigenvalue weighted by Gasteiger charge is 2.55. The Kier molecular flexibility index (Phi) is 8.36. The predicted octanol–water partition coefficient (Wildman–Crippen LogP) is 2.78. The largest absolute Gasteiger partial charge is 0.516 e. The topological polar surface area (TPSA) is 116 Å². The summed E-state index contributed by atoms with van der Waals surface area (Å²) < 4.78 is 9.23. The van der Waals surface area contributed by atoms with Crippen LogP contribution in [0.1, 0.15) is 53.4 Å². The molecule has 0 bridgehead atoms. The van der Waals surface area contributed by atoms with E-state index in [9.17, 15) is 24.4 Å². The molecule has 1 rings (SSSR count). The van der Waals surface area contributed by atoms with Crippen molar-refractivity contribution in [2.24, 2.45) is 23.7 Å². The first-order chi connectivity index (χ1) is 12.2. The van der Waals surface area contributed by atoms with Crippen LogP contribution in [-0.4, -0.2) is 41.7 Å². The molecule has 0 saturated heterocycles. The van der Waals surface area contributed by atoms with Crippen molar-refractivity contribution in [3.8, 4) is 0 Å². The average molecular weight is 372 g/mol. The van der Waals surface area contributed by atoms with E-state index in [1.54, 1.807) is 6.92 Å². The molecule has 0 radical (unpaired) electrons. The van der Waals surface area contributed by atoms with Gasteiger partial charge in [-0.25, -0.2) is 9.68 Å². The van der Waals surface area contributed by atoms with Gasteiger partial charge in [-0.1, -0.05) is 13.8 Å². The highest BCUT2D eigenvalue weighted by molar-refractivity contribution is 5.84. The number of Topliss-reactive ketones (excluding diaryl/α,β-unsaturated/α-hetero) is 1. The molecule has 1 N–H and O–H groups in total. The zero-order valence-electron chi connectivity index (χ0n) is 15.7. The fourth-order valence-corrected chi connectivity index (χ4v) is 3.92. The smallest absolute Gasteiger partial charge is 0.434 e. The zero-order chi connectivity index (χ0) is 19.9. The lowest BCUT2D eigenvalue weighted by Gasteiger charge is -2.48. The molecule has 26 heavy (non-hydrogen) atoms. The number of rotatable bonds is 8. The minimum Gasteiger partial charge on any atom is -0.434 e. The minimum atomic E-state index is -1.64. The van der Waals surface area contributed by atoms with Crippen molar-refractivity contribution in [2.45, 2.75) is 59.0 Å². The van der Waals surface area contributed by atoms with Crippen molar-refractivity contribution in [1.29, 1.82) is 0 Å². The van der Waals surface area contributed by atoms with Crippen LogP contribution in [0.4, 0.5) is 4.79 Å². The highest BCUT2D eigenvalue weighted by Crippen LogP contribution is 2.48. The van der Waals surface area contributed by atoms with Crippen molar-refractivity contribution in [1.82, 2.24) is 0 Å². The first-order valence-corrected chi connectivity index (χ1v) is 8.90. The summed E-state index contributed by atoms with van der Waals surface area (Å²) in [4.78, 5) is 51.7. The molecule has 0 spiro atoms. The van der Waals surface area contributed by atoms with Gasteiger partial charge in [0.25, 0.3) is 0 Å². The number of ketones is 1. The number of carbonyl (C=O) groups excluding carboxylic acids is 4. The molecule has 1 aliphatic rings. The molecule has 0 aliphatic heterocycles. The van der Waals surface area contributed by atoms with Crippen molar-refractivity contribution < 1.29 is 38.8 Å². The molecule has 0 heterocycles. The Labute approximate surface area is 153 Å². The summed E-state index contributed by atoms with van der Waals surface area (Å²) in [5, 5.41) is 9.60. The van der Waals surface area contributed by atoms with Crippen LogP contribution in [0.15, 0.2) is 0 Å². The monoisotopic (exact) mass is 372 g/mol. The highest BCUT2D eigenvalue weighted by atomic mass is 17.1. The lowest BCUT2D eigenvalue weighted by Crippen LogP contribution is -2.57. The lowest BCUT2D eigenvalue weighted by molar-refractivity contribution is -0.347. The van der Waals surface area contributed by atoms with Crippen molar-refractivity contribution in [3.05, 3.63) is 0 Å². The Hall–Kier alpha value is -1.80. The maximum absolute atomic E-state index is 12.3. The van der Waals surface area contributed by atoms with Gasteiger partial charge in [-0.3, -0.25) is 14.8 Å². The molecule has 8 nitrogen and oxygen atoms in total. The lowest BCUT2D eigenvalue weighted by atomic mass is 9.60. The number of ether oxygens (including phenoxy) is 2. The minimum absolute atomic E-state index is 0.0104. The van der Waals surface area contributed by atoms with E-state index in [1.165, 1.54) is 13.8 Å². The SMILES string of the molecule is CCOC(=O)OC(=O)[C@H](C)[C@@H]1CC[C@@H](C)[C@H](CCC(C)=O)[C@@]1(C=O)OO. The second kappa shape index (κ2) is 9.78. The third-order valence-electron chi connectivity index (χ3n) is 5.35. The van der Waals surface area contributed by atoms with E-state index in [-0.39, 0.29) is 24.7 Å². The van der Waals surface area contributed by atoms with E-state index in [4.69, 9.17) is 0 Å². The van der Waals surface area contributed by atoms with Crippen LogP contribution in [0, 0.1) is 23.7 Å². The van der Waals surface area contributed by atoms with Crippen LogP contribution in [-0.2, 0) is 28.7 Å². The van der Waals surface area contributed by atoms with Gasteiger partial charge in [0.05, 0.1) is 12.5 Å². The number of aldehydes is 1. The van der Waals surface area contributed by atoms with Gasteiger partial charge in [-0.2, -0.15) is 0 Å². The molecule has 0 aromatic rings. The van der Waals surface area contributed by atoms with E-state index in [1.807, 2.05) is 6.92 Å². The molecule has 0 amide bonds. The first kappa shape index (κ1) is 22.2. The molecule has 148 valence electrons. The molecule has 8 heteroatoms. The maximum Gasteiger partial charge on any atom is 0.516 e. The summed E-state index contributed by atoms with van der Waals surface area (Å²) in [7, 11) is 0. The van der Waals surface area contributed by atoms with Crippen molar-refractivity contribution in [2.75, 3.05) is 6.61 Å². The maximum atomic E-state index is 12.3. The number of carbonyl (C=O) groups is 4. The van der Waals surface area contributed by atoms with Crippen molar-refractivity contribution in [3.63, 3.8) is 0 Å². The fraction of sp³-hybridized carbons (Fsp3) is 0.778. The standard InChI is InChI=1S/C18H28O8/c1-5-24-17(22)25-16(21)13(4)15-8-6-11(2)14(9-7-12(3)20)18(15,10-19)26-23/h10-11,13-15,23H,5-9H2,1-4H3/t11-,13-,14+,15+,18-/m1/s1. The third-order valence-corrected chi connectivity index (χ3v) is 5.35. The number of hydrogen-bond donors (Lipinski definition) is 1. The van der Waals surface area contributed by atoms with E-state index in [0.29, 0.717) is 25.5 Å². The van der Waals surface area contributed by atoms with Gasteiger partial charge < -0.3 is 14.3 Å². The Morgan fingerprint density at radius 3 is 2.46 bits per heavy atom. The van der Waals surface area contributed by atoms with Gasteiger partial charge in [0.15, 0.2) is 11.9 Å². The Balaban J connectivity index is 3.06. The van der Waals surface area contributed by atoms with Gasteiger partial charge >= 0.3 is 12.1 Å². The molecule has 5 atom stereocenters. The van der Waals surface area contributed by atoms with Crippen LogP contribution in [0.2, 0.25) is 0 Å². The normalized spacial score (nSPS) is 29.5. The summed E-state index contributed by atoms with van der Waals surface area (Å²) in [5.41, 5.74) is -1.64. The second-order valence-corrected chi connectivity index (χ2v) is 6.96. The molecule has 1 aliphatic carbocycles. The first-order valence-electron chi connectivity index (χ1n) is 8.90. The van der Waals surface area contributed by atoms with Crippen LogP contribution in [0.3, 0.4) is 0 Å². The van der Waals surface area contributed by atoms with Gasteiger partial charge in [0, 0.05) is 18.3 Å². The molecule has 0 aromatic carbocycles. The van der Waals surface area contributed by atoms with Crippen molar-refractivity contribution >= 4 is 24.2 Å². The summed E-state index contributed by atoms with van der Waals surface area (Å²) in [6.45, 7) is 6.52. The van der Waals surface area contributed by atoms with E-state index >= 15 is 0 Å². The van der Waals surface area contributed by atoms with Crippen LogP contribution in [0.25, 0.3) is 0 Å². The predicted molar refractivity (Wildman–Crippen MR) is 90.1 cm³/mol. The van der Waals surface area contributed by atoms with Gasteiger partial charge in [-0.15, -0.1) is 0 Å². The fourth-order valence-electron chi connectivity index (χ4n) is 3.92. The van der Waals surface area contributed by atoms with E-state index in [0.717, 1.165) is 0 Å². The molecular formula is C18H28O8. The van der Waals surface area contributed by atoms with E-state index < -0.39 is 35.5 Å². The average Bonchev–Trinajstić information content (AvgIpc) is 2.59. The third kappa shape index (κ3) is 4.88. The molecular weight excluding hydrogens is 344 g/mol. The second-order valence-electron chi connectivity index (χ2n) is 6.96. The summed E-state index contributed by atoms with van der Waals surface area (Å²) >= 11 is 0. The Bertz CT molecular complexity index is 531. The van der Waals surface area contributed by atoms with Gasteiger partial charge in [0.1, 0.15) is 5.78 Å². The van der Waals surface area contributed by atoms with Crippen LogP contribution in [0.5, 0.6) is 0 Å². The molecule has 1 fully saturated rings. The van der Waals surface area contributed by atoms with Gasteiger partial charge in [-0.05, 0) is 39.0 Å². The summed E-state index contributed by atoms with van der Waals surface area (Å²) in [6, 6.07) is 0. The molecule has 0 unspecified atom stereocenters. The molecule has 0 aromatic heterocycles. The van der Waals surface area contributed by atoms with Gasteiger partial charge in [0.2, 0.25) is 0 Å².